The maximum atomic E-state index is 13.0. The zero-order valence-corrected chi connectivity index (χ0v) is 10.2. The Morgan fingerprint density at radius 1 is 1.50 bits per heavy atom. The van der Waals surface area contributed by atoms with Crippen LogP contribution in [0.3, 0.4) is 0 Å². The van der Waals surface area contributed by atoms with Gasteiger partial charge in [0.1, 0.15) is 4.83 Å². The minimum Gasteiger partial charge on any atom is -0.423 e. The second-order valence-corrected chi connectivity index (χ2v) is 4.23. The fourth-order valence-corrected chi connectivity index (χ4v) is 1.12. The van der Waals surface area contributed by atoms with Crippen LogP contribution in [-0.2, 0) is 4.79 Å². The van der Waals surface area contributed by atoms with Gasteiger partial charge in [0, 0.05) is 5.33 Å². The predicted octanol–water partition coefficient (Wildman–Crippen LogP) is 2.89. The molecule has 0 saturated heterocycles. The monoisotopic (exact) mass is 324 g/mol. The molecule has 0 fully saturated rings. The highest BCUT2D eigenvalue weighted by atomic mass is 79.9. The van der Waals surface area contributed by atoms with E-state index in [2.05, 4.69) is 31.9 Å². The highest BCUT2D eigenvalue weighted by molar-refractivity contribution is 9.12. The molecule has 0 aliphatic carbocycles. The molecular weight excluding hydrogens is 319 g/mol. The number of carbonyl (C=O) groups is 1. The molecule has 0 aliphatic rings. The largest absolute Gasteiger partial charge is 0.423 e. The van der Waals surface area contributed by atoms with Crippen molar-refractivity contribution in [1.82, 2.24) is 0 Å². The van der Waals surface area contributed by atoms with Crippen molar-refractivity contribution in [2.24, 2.45) is 0 Å². The number of halogens is 3. The van der Waals surface area contributed by atoms with Gasteiger partial charge >= 0.3 is 5.97 Å². The molecule has 0 aromatic heterocycles. The van der Waals surface area contributed by atoms with E-state index in [0.717, 1.165) is 0 Å². The molecule has 0 saturated carbocycles. The second-order valence-electron chi connectivity index (χ2n) is 2.47. The summed E-state index contributed by atoms with van der Waals surface area (Å²) in [5.74, 6) is -1.12. The van der Waals surface area contributed by atoms with Crippen molar-refractivity contribution >= 4 is 37.8 Å². The molecule has 0 spiro atoms. The molecular formula is C9H7Br2FO2. The summed E-state index contributed by atoms with van der Waals surface area (Å²) >= 11 is 6.19. The average Bonchev–Trinajstić information content (AvgIpc) is 2.20. The third-order valence-electron chi connectivity index (χ3n) is 1.44. The summed E-state index contributed by atoms with van der Waals surface area (Å²) in [7, 11) is 0. The second kappa shape index (κ2) is 5.46. The molecule has 1 atom stereocenters. The molecule has 76 valence electrons. The molecule has 1 unspecified atom stereocenters. The predicted molar refractivity (Wildman–Crippen MR) is 58.5 cm³/mol. The minimum absolute atomic E-state index is 0.0529. The molecule has 5 heteroatoms. The van der Waals surface area contributed by atoms with Gasteiger partial charge in [0.15, 0.2) is 11.6 Å². The van der Waals surface area contributed by atoms with Gasteiger partial charge in [0.2, 0.25) is 0 Å². The lowest BCUT2D eigenvalue weighted by atomic mass is 10.3. The Hall–Kier alpha value is -0.420. The van der Waals surface area contributed by atoms with Crippen LogP contribution in [0.1, 0.15) is 0 Å². The van der Waals surface area contributed by atoms with Gasteiger partial charge in [0.05, 0.1) is 0 Å². The van der Waals surface area contributed by atoms with Crippen LogP contribution in [0.4, 0.5) is 4.39 Å². The van der Waals surface area contributed by atoms with Crippen LogP contribution >= 0.6 is 31.9 Å². The van der Waals surface area contributed by atoms with Crippen LogP contribution < -0.4 is 4.74 Å². The molecule has 0 N–H and O–H groups in total. The smallest absolute Gasteiger partial charge is 0.326 e. The number of alkyl halides is 2. The lowest BCUT2D eigenvalue weighted by Gasteiger charge is -2.07. The van der Waals surface area contributed by atoms with Gasteiger partial charge in [-0.1, -0.05) is 44.0 Å². The van der Waals surface area contributed by atoms with Gasteiger partial charge in [-0.05, 0) is 12.1 Å². The van der Waals surface area contributed by atoms with Gasteiger partial charge in [-0.15, -0.1) is 0 Å². The summed E-state index contributed by atoms with van der Waals surface area (Å²) in [5.41, 5.74) is 0. The molecule has 1 aromatic rings. The van der Waals surface area contributed by atoms with Crippen molar-refractivity contribution in [3.8, 4) is 5.75 Å². The number of ether oxygens (including phenoxy) is 1. The average molecular weight is 326 g/mol. The number of benzene rings is 1. The Balaban J connectivity index is 2.70. The fraction of sp³-hybridized carbons (Fsp3) is 0.222. The highest BCUT2D eigenvalue weighted by Crippen LogP contribution is 2.17. The first-order valence-electron chi connectivity index (χ1n) is 3.81. The first-order chi connectivity index (χ1) is 6.65. The lowest BCUT2D eigenvalue weighted by molar-refractivity contribution is -0.133. The molecule has 0 heterocycles. The number of para-hydroxylation sites is 1. The van der Waals surface area contributed by atoms with Crippen LogP contribution in [0.15, 0.2) is 24.3 Å². The van der Waals surface area contributed by atoms with Crippen molar-refractivity contribution in [3.05, 3.63) is 30.1 Å². The van der Waals surface area contributed by atoms with Crippen molar-refractivity contribution in [1.29, 1.82) is 0 Å². The van der Waals surface area contributed by atoms with Crippen LogP contribution in [0.2, 0.25) is 0 Å². The van der Waals surface area contributed by atoms with E-state index in [1.807, 2.05) is 0 Å². The van der Waals surface area contributed by atoms with E-state index in [1.165, 1.54) is 18.2 Å². The Labute approximate surface area is 97.7 Å². The maximum Gasteiger partial charge on any atom is 0.326 e. The molecule has 0 bridgehead atoms. The minimum atomic E-state index is -0.546. The standard InChI is InChI=1S/C9H7Br2FO2/c10-5-6(11)9(13)14-8-4-2-1-3-7(8)12/h1-4,6H,5H2. The third kappa shape index (κ3) is 3.06. The summed E-state index contributed by atoms with van der Waals surface area (Å²) in [5, 5.41) is 0.417. The van der Waals surface area contributed by atoms with Crippen molar-refractivity contribution in [3.63, 3.8) is 0 Å². The van der Waals surface area contributed by atoms with E-state index in [-0.39, 0.29) is 5.75 Å². The summed E-state index contributed by atoms with van der Waals surface area (Å²) < 4.78 is 17.8. The Kier molecular flexibility index (Phi) is 4.54. The fourth-order valence-electron chi connectivity index (χ4n) is 0.763. The van der Waals surface area contributed by atoms with Crippen molar-refractivity contribution in [2.75, 3.05) is 5.33 Å². The van der Waals surface area contributed by atoms with E-state index in [1.54, 1.807) is 6.07 Å². The highest BCUT2D eigenvalue weighted by Gasteiger charge is 2.16. The Bertz CT molecular complexity index is 330. The molecule has 14 heavy (non-hydrogen) atoms. The molecule has 0 aliphatic heterocycles. The Morgan fingerprint density at radius 3 is 2.71 bits per heavy atom. The van der Waals surface area contributed by atoms with E-state index < -0.39 is 16.6 Å². The normalized spacial score (nSPS) is 12.2. The molecule has 0 amide bonds. The molecule has 0 radical (unpaired) electrons. The van der Waals surface area contributed by atoms with E-state index >= 15 is 0 Å². The van der Waals surface area contributed by atoms with Gasteiger partial charge in [-0.2, -0.15) is 0 Å². The molecule has 1 rings (SSSR count). The third-order valence-corrected chi connectivity index (χ3v) is 3.65. The number of hydrogen-bond donors (Lipinski definition) is 0. The first kappa shape index (κ1) is 11.7. The van der Waals surface area contributed by atoms with Gasteiger partial charge in [-0.25, -0.2) is 4.39 Å². The van der Waals surface area contributed by atoms with Crippen LogP contribution in [-0.4, -0.2) is 16.1 Å². The summed E-state index contributed by atoms with van der Waals surface area (Å²) in [6, 6.07) is 5.77. The van der Waals surface area contributed by atoms with Crippen LogP contribution in [0.25, 0.3) is 0 Å². The quantitative estimate of drug-likeness (QED) is 0.485. The van der Waals surface area contributed by atoms with Crippen molar-refractivity contribution < 1.29 is 13.9 Å². The zero-order valence-electron chi connectivity index (χ0n) is 7.04. The van der Waals surface area contributed by atoms with Crippen LogP contribution in [0.5, 0.6) is 5.75 Å². The molecule has 2 nitrogen and oxygen atoms in total. The van der Waals surface area contributed by atoms with Crippen molar-refractivity contribution in [2.45, 2.75) is 4.83 Å². The number of esters is 1. The first-order valence-corrected chi connectivity index (χ1v) is 5.85. The zero-order chi connectivity index (χ0) is 10.6. The van der Waals surface area contributed by atoms with E-state index in [4.69, 9.17) is 4.74 Å². The number of carbonyl (C=O) groups excluding carboxylic acids is 1. The summed E-state index contributed by atoms with van der Waals surface area (Å²) in [6.07, 6.45) is 0. The van der Waals surface area contributed by atoms with Gasteiger partial charge in [-0.3, -0.25) is 4.79 Å². The number of hydrogen-bond acceptors (Lipinski definition) is 2. The maximum absolute atomic E-state index is 13.0. The SMILES string of the molecule is O=C(Oc1ccccc1F)C(Br)CBr. The topological polar surface area (TPSA) is 26.3 Å². The van der Waals surface area contributed by atoms with Gasteiger partial charge < -0.3 is 4.74 Å². The lowest BCUT2D eigenvalue weighted by Crippen LogP contribution is -2.21. The van der Waals surface area contributed by atoms with Gasteiger partial charge in [0.25, 0.3) is 0 Å². The van der Waals surface area contributed by atoms with E-state index in [0.29, 0.717) is 5.33 Å². The van der Waals surface area contributed by atoms with Crippen LogP contribution in [0, 0.1) is 5.82 Å². The number of rotatable bonds is 3. The molecule has 1 aromatic carbocycles. The Morgan fingerprint density at radius 2 is 2.14 bits per heavy atom. The van der Waals surface area contributed by atoms with E-state index in [9.17, 15) is 9.18 Å². The summed E-state index contributed by atoms with van der Waals surface area (Å²) in [6.45, 7) is 0. The summed E-state index contributed by atoms with van der Waals surface area (Å²) in [4.78, 5) is 10.8.